The molecule has 0 radical (unpaired) electrons. The Labute approximate surface area is 133 Å². The highest BCUT2D eigenvalue weighted by molar-refractivity contribution is 7.99. The van der Waals surface area contributed by atoms with Crippen LogP contribution in [0.4, 0.5) is 0 Å². The Morgan fingerprint density at radius 3 is 2.62 bits per heavy atom. The fourth-order valence-corrected chi connectivity index (χ4v) is 4.03. The summed E-state index contributed by atoms with van der Waals surface area (Å²) in [5, 5.41) is 3.70. The molecule has 1 heterocycles. The van der Waals surface area contributed by atoms with Gasteiger partial charge in [0, 0.05) is 35.8 Å². The van der Waals surface area contributed by atoms with Crippen LogP contribution in [0.1, 0.15) is 37.7 Å². The average molecular weight is 305 g/mol. The van der Waals surface area contributed by atoms with Crippen LogP contribution in [0.15, 0.2) is 29.2 Å². The van der Waals surface area contributed by atoms with Gasteiger partial charge < -0.3 is 5.32 Å². The Balaban J connectivity index is 1.43. The van der Waals surface area contributed by atoms with Crippen LogP contribution in [0.5, 0.6) is 0 Å². The van der Waals surface area contributed by atoms with Crippen LogP contribution in [0.2, 0.25) is 0 Å². The molecular weight excluding hydrogens is 276 g/mol. The number of rotatable bonds is 7. The molecule has 0 spiro atoms. The molecule has 2 nitrogen and oxygen atoms in total. The minimum Gasteiger partial charge on any atom is -0.313 e. The number of nitrogens with one attached hydrogen (secondary N) is 1. The summed E-state index contributed by atoms with van der Waals surface area (Å²) in [5.74, 6) is 1.21. The van der Waals surface area contributed by atoms with Crippen LogP contribution in [-0.4, -0.2) is 42.4 Å². The van der Waals surface area contributed by atoms with Gasteiger partial charge in [-0.1, -0.05) is 24.1 Å². The maximum atomic E-state index is 3.70. The van der Waals surface area contributed by atoms with Crippen molar-refractivity contribution in [3.05, 3.63) is 29.8 Å². The van der Waals surface area contributed by atoms with Crippen molar-refractivity contribution in [1.29, 1.82) is 0 Å². The quantitative estimate of drug-likeness (QED) is 0.773. The Morgan fingerprint density at radius 2 is 1.95 bits per heavy atom. The highest BCUT2D eigenvalue weighted by Crippen LogP contribution is 2.28. The molecule has 1 unspecified atom stereocenters. The standard InChI is InChI=1S/C18H28N2S/c1-15-5-9-18(10-6-15)21-13-12-20(17-7-8-17)14-16-4-2-3-11-19-16/h5-6,9-10,16-17,19H,2-4,7-8,11-14H2,1H3. The van der Waals surface area contributed by atoms with E-state index in [0.717, 1.165) is 12.1 Å². The molecule has 2 fully saturated rings. The lowest BCUT2D eigenvalue weighted by Gasteiger charge is -2.30. The second-order valence-electron chi connectivity index (χ2n) is 6.53. The van der Waals surface area contributed by atoms with Crippen molar-refractivity contribution in [2.24, 2.45) is 0 Å². The van der Waals surface area contributed by atoms with Gasteiger partial charge in [0.25, 0.3) is 0 Å². The molecule has 1 N–H and O–H groups in total. The van der Waals surface area contributed by atoms with E-state index in [-0.39, 0.29) is 0 Å². The Morgan fingerprint density at radius 1 is 1.14 bits per heavy atom. The first-order chi connectivity index (χ1) is 10.3. The third kappa shape index (κ3) is 5.01. The number of piperidine rings is 1. The summed E-state index contributed by atoms with van der Waals surface area (Å²) in [4.78, 5) is 4.15. The Hall–Kier alpha value is -0.510. The van der Waals surface area contributed by atoms with Crippen molar-refractivity contribution in [3.8, 4) is 0 Å². The van der Waals surface area contributed by atoms with Crippen LogP contribution in [0.3, 0.4) is 0 Å². The van der Waals surface area contributed by atoms with Gasteiger partial charge in [0.15, 0.2) is 0 Å². The third-order valence-electron chi connectivity index (χ3n) is 4.60. The predicted octanol–water partition coefficient (Wildman–Crippen LogP) is 3.69. The molecule has 0 amide bonds. The lowest BCUT2D eigenvalue weighted by atomic mass is 10.0. The van der Waals surface area contributed by atoms with Crippen molar-refractivity contribution in [2.75, 3.05) is 25.4 Å². The van der Waals surface area contributed by atoms with Crippen LogP contribution < -0.4 is 5.32 Å². The zero-order chi connectivity index (χ0) is 14.5. The van der Waals surface area contributed by atoms with Crippen molar-refractivity contribution in [3.63, 3.8) is 0 Å². The summed E-state index contributed by atoms with van der Waals surface area (Å²) in [5.41, 5.74) is 1.35. The second kappa shape index (κ2) is 7.66. The molecule has 3 heteroatoms. The summed E-state index contributed by atoms with van der Waals surface area (Å²) in [6.07, 6.45) is 6.98. The molecule has 1 aromatic rings. The largest absolute Gasteiger partial charge is 0.313 e. The Bertz CT molecular complexity index is 421. The summed E-state index contributed by atoms with van der Waals surface area (Å²) in [7, 11) is 0. The van der Waals surface area contributed by atoms with Gasteiger partial charge in [-0.2, -0.15) is 0 Å². The fourth-order valence-electron chi connectivity index (χ4n) is 3.14. The minimum atomic E-state index is 0.740. The monoisotopic (exact) mass is 304 g/mol. The van der Waals surface area contributed by atoms with E-state index in [1.807, 2.05) is 11.8 Å². The van der Waals surface area contributed by atoms with Gasteiger partial charge in [-0.3, -0.25) is 4.90 Å². The summed E-state index contributed by atoms with van der Waals surface area (Å²) >= 11 is 2.00. The molecule has 1 aliphatic carbocycles. The third-order valence-corrected chi connectivity index (χ3v) is 5.59. The highest BCUT2D eigenvalue weighted by Gasteiger charge is 2.30. The first-order valence-corrected chi connectivity index (χ1v) is 9.47. The van der Waals surface area contributed by atoms with E-state index in [0.29, 0.717) is 0 Å². The number of thioether (sulfide) groups is 1. The van der Waals surface area contributed by atoms with Crippen molar-refractivity contribution < 1.29 is 0 Å². The van der Waals surface area contributed by atoms with E-state index in [4.69, 9.17) is 0 Å². The molecule has 3 rings (SSSR count). The van der Waals surface area contributed by atoms with Crippen molar-refractivity contribution in [2.45, 2.75) is 56.0 Å². The van der Waals surface area contributed by atoms with Gasteiger partial charge in [-0.25, -0.2) is 0 Å². The normalized spacial score (nSPS) is 22.7. The molecule has 1 atom stereocenters. The van der Waals surface area contributed by atoms with Crippen molar-refractivity contribution >= 4 is 11.8 Å². The molecule has 2 aliphatic rings. The van der Waals surface area contributed by atoms with E-state index >= 15 is 0 Å². The molecule has 1 aliphatic heterocycles. The van der Waals surface area contributed by atoms with E-state index in [9.17, 15) is 0 Å². The topological polar surface area (TPSA) is 15.3 Å². The van der Waals surface area contributed by atoms with Gasteiger partial charge in [-0.05, 0) is 51.3 Å². The maximum absolute atomic E-state index is 3.70. The number of nitrogens with zero attached hydrogens (tertiary/aromatic N) is 1. The molecule has 1 saturated heterocycles. The SMILES string of the molecule is Cc1ccc(SCCN(CC2CCCCN2)C2CC2)cc1. The molecule has 1 aromatic carbocycles. The molecular formula is C18H28N2S. The number of benzene rings is 1. The molecule has 116 valence electrons. The van der Waals surface area contributed by atoms with Gasteiger partial charge in [-0.15, -0.1) is 11.8 Å². The Kier molecular flexibility index (Phi) is 5.61. The summed E-state index contributed by atoms with van der Waals surface area (Å²) < 4.78 is 0. The lowest BCUT2D eigenvalue weighted by Crippen LogP contribution is -2.45. The smallest absolute Gasteiger partial charge is 0.0195 e. The summed E-state index contributed by atoms with van der Waals surface area (Å²) in [6.45, 7) is 5.88. The molecule has 21 heavy (non-hydrogen) atoms. The molecule has 0 bridgehead atoms. The van der Waals surface area contributed by atoms with Crippen molar-refractivity contribution in [1.82, 2.24) is 10.2 Å². The predicted molar refractivity (Wildman–Crippen MR) is 92.1 cm³/mol. The summed E-state index contributed by atoms with van der Waals surface area (Å²) in [6, 6.07) is 10.6. The van der Waals surface area contributed by atoms with Crippen LogP contribution in [0, 0.1) is 6.92 Å². The highest BCUT2D eigenvalue weighted by atomic mass is 32.2. The van der Waals surface area contributed by atoms with Crippen LogP contribution in [0.25, 0.3) is 0 Å². The first-order valence-electron chi connectivity index (χ1n) is 8.48. The van der Waals surface area contributed by atoms with Gasteiger partial charge >= 0.3 is 0 Å². The number of aryl methyl sites for hydroxylation is 1. The lowest BCUT2D eigenvalue weighted by molar-refractivity contribution is 0.227. The zero-order valence-electron chi connectivity index (χ0n) is 13.2. The van der Waals surface area contributed by atoms with E-state index in [2.05, 4.69) is 41.4 Å². The van der Waals surface area contributed by atoms with Gasteiger partial charge in [0.1, 0.15) is 0 Å². The van der Waals surface area contributed by atoms with E-state index in [1.165, 1.54) is 68.0 Å². The van der Waals surface area contributed by atoms with E-state index in [1.54, 1.807) is 0 Å². The fraction of sp³-hybridized carbons (Fsp3) is 0.667. The minimum absolute atomic E-state index is 0.740. The molecule has 0 aromatic heterocycles. The van der Waals surface area contributed by atoms with Gasteiger partial charge in [0.2, 0.25) is 0 Å². The number of hydrogen-bond acceptors (Lipinski definition) is 3. The first kappa shape index (κ1) is 15.4. The number of hydrogen-bond donors (Lipinski definition) is 1. The molecule has 1 saturated carbocycles. The van der Waals surface area contributed by atoms with Crippen LogP contribution in [-0.2, 0) is 0 Å². The second-order valence-corrected chi connectivity index (χ2v) is 7.70. The maximum Gasteiger partial charge on any atom is 0.0195 e. The van der Waals surface area contributed by atoms with Gasteiger partial charge in [0.05, 0.1) is 0 Å². The van der Waals surface area contributed by atoms with E-state index < -0.39 is 0 Å². The van der Waals surface area contributed by atoms with Crippen LogP contribution >= 0.6 is 11.8 Å². The zero-order valence-corrected chi connectivity index (χ0v) is 14.0. The average Bonchev–Trinajstić information content (AvgIpc) is 3.34.